The van der Waals surface area contributed by atoms with Crippen molar-refractivity contribution in [3.8, 4) is 17.2 Å². The molecule has 1 aromatic heterocycles. The maximum atomic E-state index is 12.4. The summed E-state index contributed by atoms with van der Waals surface area (Å²) in [5.41, 5.74) is 6.39. The number of amides is 1. The second-order valence-electron chi connectivity index (χ2n) is 4.33. The molecule has 0 unspecified atom stereocenters. The molecule has 2 rings (SSSR count). The number of ether oxygens (including phenoxy) is 3. The number of carbonyl (C=O) groups is 1. The number of anilines is 2. The molecule has 0 saturated carbocycles. The zero-order valence-corrected chi connectivity index (χ0v) is 12.5. The van der Waals surface area contributed by atoms with Gasteiger partial charge < -0.3 is 25.3 Å². The maximum absolute atomic E-state index is 12.4. The van der Waals surface area contributed by atoms with E-state index in [0.717, 1.165) is 0 Å². The van der Waals surface area contributed by atoms with E-state index in [0.29, 0.717) is 23.1 Å². The van der Waals surface area contributed by atoms with Gasteiger partial charge in [0, 0.05) is 12.1 Å². The number of rotatable bonds is 5. The molecule has 0 bridgehead atoms. The topological polar surface area (TPSA) is 95.7 Å². The van der Waals surface area contributed by atoms with Crippen molar-refractivity contribution < 1.29 is 19.0 Å². The summed E-state index contributed by atoms with van der Waals surface area (Å²) in [6.45, 7) is 0. The van der Waals surface area contributed by atoms with E-state index in [9.17, 15) is 4.79 Å². The molecule has 2 aromatic rings. The Morgan fingerprint density at radius 2 is 1.82 bits per heavy atom. The molecule has 0 atom stereocenters. The Morgan fingerprint density at radius 1 is 1.09 bits per heavy atom. The van der Waals surface area contributed by atoms with E-state index in [1.807, 2.05) is 0 Å². The lowest BCUT2D eigenvalue weighted by Gasteiger charge is -2.13. The van der Waals surface area contributed by atoms with Crippen LogP contribution in [0.25, 0.3) is 0 Å². The van der Waals surface area contributed by atoms with Crippen LogP contribution in [-0.2, 0) is 0 Å². The van der Waals surface area contributed by atoms with Gasteiger partial charge in [0.25, 0.3) is 5.91 Å². The largest absolute Gasteiger partial charge is 0.497 e. The molecule has 7 nitrogen and oxygen atoms in total. The number of nitrogens with zero attached hydrogens (tertiary/aromatic N) is 1. The Bertz CT molecular complexity index is 671. The Labute approximate surface area is 128 Å². The van der Waals surface area contributed by atoms with Gasteiger partial charge in [-0.3, -0.25) is 4.79 Å². The highest BCUT2D eigenvalue weighted by Gasteiger charge is 2.18. The van der Waals surface area contributed by atoms with Crippen LogP contribution >= 0.6 is 0 Å². The van der Waals surface area contributed by atoms with Crippen LogP contribution in [-0.4, -0.2) is 32.2 Å². The highest BCUT2D eigenvalue weighted by molar-refractivity contribution is 6.09. The average molecular weight is 303 g/mol. The van der Waals surface area contributed by atoms with Crippen molar-refractivity contribution in [3.63, 3.8) is 0 Å². The van der Waals surface area contributed by atoms with E-state index in [-0.39, 0.29) is 11.3 Å². The normalized spacial score (nSPS) is 9.95. The summed E-state index contributed by atoms with van der Waals surface area (Å²) in [7, 11) is 4.50. The number of carbonyl (C=O) groups excluding carboxylic acids is 1. The standard InChI is InChI=1S/C15H17N3O4/c1-20-9-4-5-13(17-8-9)18-15(19)14-11(16)6-10(21-2)7-12(14)22-3/h4-8H,16H2,1-3H3,(H,17,18,19). The number of aromatic nitrogens is 1. The molecule has 0 radical (unpaired) electrons. The molecular weight excluding hydrogens is 286 g/mol. The van der Waals surface area contributed by atoms with Gasteiger partial charge in [-0.15, -0.1) is 0 Å². The van der Waals surface area contributed by atoms with Crippen molar-refractivity contribution in [2.45, 2.75) is 0 Å². The van der Waals surface area contributed by atoms with Gasteiger partial charge in [-0.05, 0) is 12.1 Å². The molecule has 0 fully saturated rings. The number of nitrogen functional groups attached to an aromatic ring is 1. The highest BCUT2D eigenvalue weighted by Crippen LogP contribution is 2.31. The molecule has 1 amide bonds. The van der Waals surface area contributed by atoms with Gasteiger partial charge >= 0.3 is 0 Å². The first-order chi connectivity index (χ1) is 10.6. The summed E-state index contributed by atoms with van der Waals surface area (Å²) in [5.74, 6) is 1.38. The number of hydrogen-bond acceptors (Lipinski definition) is 6. The Morgan fingerprint density at radius 3 is 2.36 bits per heavy atom. The number of benzene rings is 1. The molecule has 0 spiro atoms. The molecule has 0 aliphatic rings. The van der Waals surface area contributed by atoms with Crippen LogP contribution in [0.15, 0.2) is 30.5 Å². The molecule has 7 heteroatoms. The number of nitrogens with two attached hydrogens (primary N) is 1. The summed E-state index contributed by atoms with van der Waals surface area (Å²) < 4.78 is 15.3. The van der Waals surface area contributed by atoms with Gasteiger partial charge in [0.1, 0.15) is 28.6 Å². The minimum absolute atomic E-state index is 0.223. The monoisotopic (exact) mass is 303 g/mol. The molecule has 1 aromatic carbocycles. The van der Waals surface area contributed by atoms with Crippen LogP contribution in [0.4, 0.5) is 11.5 Å². The molecular formula is C15H17N3O4. The van der Waals surface area contributed by atoms with Crippen LogP contribution in [0.5, 0.6) is 17.2 Å². The predicted octanol–water partition coefficient (Wildman–Crippen LogP) is 1.94. The number of nitrogens with one attached hydrogen (secondary N) is 1. The summed E-state index contributed by atoms with van der Waals surface area (Å²) in [5, 5.41) is 2.66. The lowest BCUT2D eigenvalue weighted by Crippen LogP contribution is -2.16. The summed E-state index contributed by atoms with van der Waals surface area (Å²) in [4.78, 5) is 16.5. The first-order valence-corrected chi connectivity index (χ1v) is 6.42. The van der Waals surface area contributed by atoms with Crippen molar-refractivity contribution in [3.05, 3.63) is 36.0 Å². The Hall–Kier alpha value is -2.96. The fourth-order valence-electron chi connectivity index (χ4n) is 1.89. The highest BCUT2D eigenvalue weighted by atomic mass is 16.5. The Kier molecular flexibility index (Phi) is 4.67. The van der Waals surface area contributed by atoms with Gasteiger partial charge in [-0.25, -0.2) is 4.98 Å². The van der Waals surface area contributed by atoms with E-state index in [1.54, 1.807) is 24.3 Å². The van der Waals surface area contributed by atoms with Crippen molar-refractivity contribution in [2.24, 2.45) is 0 Å². The van der Waals surface area contributed by atoms with Crippen LogP contribution in [0.1, 0.15) is 10.4 Å². The van der Waals surface area contributed by atoms with Crippen molar-refractivity contribution >= 4 is 17.4 Å². The number of methoxy groups -OCH3 is 3. The van der Waals surface area contributed by atoms with E-state index in [1.165, 1.54) is 27.5 Å². The van der Waals surface area contributed by atoms with Crippen molar-refractivity contribution in [2.75, 3.05) is 32.4 Å². The molecule has 0 saturated heterocycles. The summed E-state index contributed by atoms with van der Waals surface area (Å²) in [6.07, 6.45) is 1.50. The van der Waals surface area contributed by atoms with Crippen molar-refractivity contribution in [1.29, 1.82) is 0 Å². The summed E-state index contributed by atoms with van der Waals surface area (Å²) >= 11 is 0. The van der Waals surface area contributed by atoms with E-state index >= 15 is 0 Å². The van der Waals surface area contributed by atoms with Crippen LogP contribution in [0, 0.1) is 0 Å². The molecule has 1 heterocycles. The minimum Gasteiger partial charge on any atom is -0.497 e. The lowest BCUT2D eigenvalue weighted by atomic mass is 10.1. The zero-order chi connectivity index (χ0) is 16.1. The number of pyridine rings is 1. The fraction of sp³-hybridized carbons (Fsp3) is 0.200. The van der Waals surface area contributed by atoms with Gasteiger partial charge in [0.2, 0.25) is 0 Å². The number of hydrogen-bond donors (Lipinski definition) is 2. The van der Waals surface area contributed by atoms with Gasteiger partial charge in [-0.2, -0.15) is 0 Å². The maximum Gasteiger partial charge on any atom is 0.262 e. The van der Waals surface area contributed by atoms with Gasteiger partial charge in [0.15, 0.2) is 0 Å². The van der Waals surface area contributed by atoms with Crippen molar-refractivity contribution in [1.82, 2.24) is 4.98 Å². The Balaban J connectivity index is 2.28. The molecule has 0 aliphatic heterocycles. The second kappa shape index (κ2) is 6.66. The van der Waals surface area contributed by atoms with E-state index in [2.05, 4.69) is 10.3 Å². The zero-order valence-electron chi connectivity index (χ0n) is 12.5. The first kappa shape index (κ1) is 15.4. The van der Waals surface area contributed by atoms with Gasteiger partial charge in [-0.1, -0.05) is 0 Å². The van der Waals surface area contributed by atoms with E-state index < -0.39 is 5.91 Å². The molecule has 116 valence electrons. The first-order valence-electron chi connectivity index (χ1n) is 6.42. The molecule has 0 aliphatic carbocycles. The smallest absolute Gasteiger partial charge is 0.262 e. The quantitative estimate of drug-likeness (QED) is 0.820. The third-order valence-electron chi connectivity index (χ3n) is 3.00. The van der Waals surface area contributed by atoms with Gasteiger partial charge in [0.05, 0.1) is 33.2 Å². The van der Waals surface area contributed by atoms with Crippen LogP contribution < -0.4 is 25.3 Å². The summed E-state index contributed by atoms with van der Waals surface area (Å²) in [6, 6.07) is 6.46. The van der Waals surface area contributed by atoms with Crippen LogP contribution in [0.2, 0.25) is 0 Å². The molecule has 3 N–H and O–H groups in total. The second-order valence-corrected chi connectivity index (χ2v) is 4.33. The third kappa shape index (κ3) is 3.20. The SMILES string of the molecule is COc1ccc(NC(=O)c2c(N)cc(OC)cc2OC)nc1. The minimum atomic E-state index is -0.422. The average Bonchev–Trinajstić information content (AvgIpc) is 2.54. The molecule has 22 heavy (non-hydrogen) atoms. The third-order valence-corrected chi connectivity index (χ3v) is 3.00. The lowest BCUT2D eigenvalue weighted by molar-refractivity contribution is 0.102. The van der Waals surface area contributed by atoms with Crippen LogP contribution in [0.3, 0.4) is 0 Å². The van der Waals surface area contributed by atoms with E-state index in [4.69, 9.17) is 19.9 Å². The fourth-order valence-corrected chi connectivity index (χ4v) is 1.89. The predicted molar refractivity (Wildman–Crippen MR) is 82.7 cm³/mol.